The summed E-state index contributed by atoms with van der Waals surface area (Å²) in [7, 11) is 0. The molecule has 1 N–H and O–H groups in total. The van der Waals surface area contributed by atoms with E-state index in [1.165, 1.54) is 0 Å². The highest BCUT2D eigenvalue weighted by Crippen LogP contribution is 2.27. The standard InChI is InChI=1S/C23H26N4O/c1-2-24-15-17-9-12-27(13-10-17)23(28)20-14-22(18-6-5-11-25-16-18)26-21-8-4-3-7-19(20)21/h3-8,11,14,16-17,24H,2,9-10,12-13,15H2,1H3. The van der Waals surface area contributed by atoms with Crippen molar-refractivity contribution < 1.29 is 4.79 Å². The molecule has 0 bridgehead atoms. The summed E-state index contributed by atoms with van der Waals surface area (Å²) in [6.45, 7) is 5.80. The van der Waals surface area contributed by atoms with Crippen LogP contribution in [0.1, 0.15) is 30.1 Å². The van der Waals surface area contributed by atoms with Crippen LogP contribution in [0, 0.1) is 5.92 Å². The number of nitrogens with zero attached hydrogens (tertiary/aromatic N) is 3. The second-order valence-corrected chi connectivity index (χ2v) is 7.36. The highest BCUT2D eigenvalue weighted by atomic mass is 16.2. The van der Waals surface area contributed by atoms with Crippen molar-refractivity contribution in [3.05, 3.63) is 60.4 Å². The van der Waals surface area contributed by atoms with Gasteiger partial charge in [-0.2, -0.15) is 0 Å². The molecule has 0 saturated carbocycles. The van der Waals surface area contributed by atoms with Crippen LogP contribution in [0.3, 0.4) is 0 Å². The van der Waals surface area contributed by atoms with Gasteiger partial charge >= 0.3 is 0 Å². The maximum atomic E-state index is 13.4. The molecule has 5 nitrogen and oxygen atoms in total. The van der Waals surface area contributed by atoms with Gasteiger partial charge in [0.15, 0.2) is 0 Å². The normalized spacial score (nSPS) is 15.1. The Morgan fingerprint density at radius 3 is 2.75 bits per heavy atom. The average Bonchev–Trinajstić information content (AvgIpc) is 2.77. The number of hydrogen-bond donors (Lipinski definition) is 1. The summed E-state index contributed by atoms with van der Waals surface area (Å²) in [5.41, 5.74) is 3.28. The minimum absolute atomic E-state index is 0.102. The minimum Gasteiger partial charge on any atom is -0.339 e. The summed E-state index contributed by atoms with van der Waals surface area (Å²) >= 11 is 0. The fraction of sp³-hybridized carbons (Fsp3) is 0.348. The van der Waals surface area contributed by atoms with Crippen molar-refractivity contribution in [2.75, 3.05) is 26.2 Å². The third-order valence-corrected chi connectivity index (χ3v) is 5.49. The number of likely N-dealkylation sites (tertiary alicyclic amines) is 1. The zero-order chi connectivity index (χ0) is 19.3. The van der Waals surface area contributed by atoms with Gasteiger partial charge in [0.25, 0.3) is 5.91 Å². The Hall–Kier alpha value is -2.79. The molecule has 1 fully saturated rings. The van der Waals surface area contributed by atoms with Gasteiger partial charge in [-0.1, -0.05) is 25.1 Å². The van der Waals surface area contributed by atoms with E-state index in [0.29, 0.717) is 5.92 Å². The number of carbonyl (C=O) groups is 1. The smallest absolute Gasteiger partial charge is 0.254 e. The van der Waals surface area contributed by atoms with Crippen molar-refractivity contribution >= 4 is 16.8 Å². The van der Waals surface area contributed by atoms with Crippen LogP contribution in [0.4, 0.5) is 0 Å². The lowest BCUT2D eigenvalue weighted by molar-refractivity contribution is 0.0692. The number of pyridine rings is 2. The first-order valence-electron chi connectivity index (χ1n) is 10.1. The first-order valence-corrected chi connectivity index (χ1v) is 10.1. The zero-order valence-corrected chi connectivity index (χ0v) is 16.3. The molecule has 28 heavy (non-hydrogen) atoms. The second kappa shape index (κ2) is 8.48. The Bertz CT molecular complexity index is 949. The SMILES string of the molecule is CCNCC1CCN(C(=O)c2cc(-c3cccnc3)nc3ccccc23)CC1. The van der Waals surface area contributed by atoms with Gasteiger partial charge in [0.05, 0.1) is 16.8 Å². The predicted molar refractivity (Wildman–Crippen MR) is 112 cm³/mol. The van der Waals surface area contributed by atoms with Gasteiger partial charge in [-0.25, -0.2) is 4.98 Å². The van der Waals surface area contributed by atoms with Crippen LogP contribution < -0.4 is 5.32 Å². The van der Waals surface area contributed by atoms with Crippen LogP contribution in [0.25, 0.3) is 22.2 Å². The lowest BCUT2D eigenvalue weighted by atomic mass is 9.95. The Balaban J connectivity index is 1.63. The first-order chi connectivity index (χ1) is 13.8. The van der Waals surface area contributed by atoms with Crippen molar-refractivity contribution in [3.63, 3.8) is 0 Å². The quantitative estimate of drug-likeness (QED) is 0.739. The van der Waals surface area contributed by atoms with Gasteiger partial charge < -0.3 is 10.2 Å². The molecular formula is C23H26N4O. The van der Waals surface area contributed by atoms with Gasteiger partial charge in [0, 0.05) is 36.4 Å². The van der Waals surface area contributed by atoms with Gasteiger partial charge in [-0.3, -0.25) is 9.78 Å². The molecule has 1 aromatic carbocycles. The number of piperidine rings is 1. The predicted octanol–water partition coefficient (Wildman–Crippen LogP) is 3.76. The summed E-state index contributed by atoms with van der Waals surface area (Å²) in [4.78, 5) is 24.3. The number of hydrogen-bond acceptors (Lipinski definition) is 4. The molecule has 3 heterocycles. The maximum absolute atomic E-state index is 13.4. The molecule has 3 aromatic rings. The number of benzene rings is 1. The summed E-state index contributed by atoms with van der Waals surface area (Å²) in [5, 5.41) is 4.34. The van der Waals surface area contributed by atoms with Crippen LogP contribution >= 0.6 is 0 Å². The number of amides is 1. The Kier molecular flexibility index (Phi) is 5.63. The summed E-state index contributed by atoms with van der Waals surface area (Å²) in [6.07, 6.45) is 5.64. The van der Waals surface area contributed by atoms with E-state index >= 15 is 0 Å². The van der Waals surface area contributed by atoms with Crippen molar-refractivity contribution in [1.29, 1.82) is 0 Å². The minimum atomic E-state index is 0.102. The molecule has 0 unspecified atom stereocenters. The van der Waals surface area contributed by atoms with Gasteiger partial charge in [-0.15, -0.1) is 0 Å². The molecule has 0 atom stereocenters. The molecule has 1 amide bonds. The highest BCUT2D eigenvalue weighted by Gasteiger charge is 2.25. The van der Waals surface area contributed by atoms with E-state index < -0.39 is 0 Å². The molecule has 4 rings (SSSR count). The fourth-order valence-electron chi connectivity index (χ4n) is 3.87. The summed E-state index contributed by atoms with van der Waals surface area (Å²) < 4.78 is 0. The van der Waals surface area contributed by atoms with E-state index in [-0.39, 0.29) is 5.91 Å². The number of rotatable bonds is 5. The largest absolute Gasteiger partial charge is 0.339 e. The first kappa shape index (κ1) is 18.6. The number of nitrogens with one attached hydrogen (secondary N) is 1. The number of carbonyl (C=O) groups excluding carboxylic acids is 1. The molecule has 1 saturated heterocycles. The van der Waals surface area contributed by atoms with E-state index in [2.05, 4.69) is 17.2 Å². The summed E-state index contributed by atoms with van der Waals surface area (Å²) in [5.74, 6) is 0.759. The second-order valence-electron chi connectivity index (χ2n) is 7.36. The van der Waals surface area contributed by atoms with Crippen LogP contribution in [0.2, 0.25) is 0 Å². The average molecular weight is 374 g/mol. The van der Waals surface area contributed by atoms with Crippen LogP contribution in [0.15, 0.2) is 54.9 Å². The molecular weight excluding hydrogens is 348 g/mol. The number of aromatic nitrogens is 2. The van der Waals surface area contributed by atoms with Crippen LogP contribution in [-0.4, -0.2) is 47.0 Å². The number of para-hydroxylation sites is 1. The molecule has 144 valence electrons. The van der Waals surface area contributed by atoms with Crippen molar-refractivity contribution in [2.45, 2.75) is 19.8 Å². The van der Waals surface area contributed by atoms with Gasteiger partial charge in [0.2, 0.25) is 0 Å². The molecule has 0 spiro atoms. The maximum Gasteiger partial charge on any atom is 0.254 e. The van der Waals surface area contributed by atoms with E-state index in [1.54, 1.807) is 12.4 Å². The molecule has 0 radical (unpaired) electrons. The molecule has 1 aliphatic heterocycles. The monoisotopic (exact) mass is 374 g/mol. The highest BCUT2D eigenvalue weighted by molar-refractivity contribution is 6.07. The lowest BCUT2D eigenvalue weighted by Crippen LogP contribution is -2.40. The Morgan fingerprint density at radius 2 is 2.00 bits per heavy atom. The van der Waals surface area contributed by atoms with E-state index in [0.717, 1.165) is 66.7 Å². The fourth-order valence-corrected chi connectivity index (χ4v) is 3.87. The molecule has 0 aliphatic carbocycles. The molecule has 1 aliphatic rings. The van der Waals surface area contributed by atoms with Crippen molar-refractivity contribution in [2.24, 2.45) is 5.92 Å². The van der Waals surface area contributed by atoms with E-state index in [1.807, 2.05) is 47.4 Å². The van der Waals surface area contributed by atoms with E-state index in [4.69, 9.17) is 4.98 Å². The third kappa shape index (κ3) is 3.90. The van der Waals surface area contributed by atoms with Gasteiger partial charge in [0.1, 0.15) is 0 Å². The zero-order valence-electron chi connectivity index (χ0n) is 16.3. The molecule has 5 heteroatoms. The lowest BCUT2D eigenvalue weighted by Gasteiger charge is -2.32. The van der Waals surface area contributed by atoms with Crippen LogP contribution in [0.5, 0.6) is 0 Å². The Morgan fingerprint density at radius 1 is 1.18 bits per heavy atom. The van der Waals surface area contributed by atoms with Crippen molar-refractivity contribution in [1.82, 2.24) is 20.2 Å². The number of fused-ring (bicyclic) bond motifs is 1. The van der Waals surface area contributed by atoms with Crippen LogP contribution in [-0.2, 0) is 0 Å². The topological polar surface area (TPSA) is 58.1 Å². The molecule has 2 aromatic heterocycles. The third-order valence-electron chi connectivity index (χ3n) is 5.49. The Labute approximate surface area is 165 Å². The summed E-state index contributed by atoms with van der Waals surface area (Å²) in [6, 6.07) is 13.7. The van der Waals surface area contributed by atoms with E-state index in [9.17, 15) is 4.79 Å². The van der Waals surface area contributed by atoms with Gasteiger partial charge in [-0.05, 0) is 56.1 Å². The van der Waals surface area contributed by atoms with Crippen molar-refractivity contribution in [3.8, 4) is 11.3 Å².